The predicted molar refractivity (Wildman–Crippen MR) is 136 cm³/mol. The second-order valence-electron chi connectivity index (χ2n) is 8.33. The Morgan fingerprint density at radius 2 is 1.75 bits per heavy atom. The van der Waals surface area contributed by atoms with E-state index in [1.54, 1.807) is 26.0 Å². The third-order valence-electron chi connectivity index (χ3n) is 6.13. The highest BCUT2D eigenvalue weighted by molar-refractivity contribution is 14.0. The van der Waals surface area contributed by atoms with Crippen LogP contribution in [0.25, 0.3) is 0 Å². The molecule has 0 spiro atoms. The van der Waals surface area contributed by atoms with E-state index in [1.165, 1.54) is 18.2 Å². The molecule has 0 bridgehead atoms. The summed E-state index contributed by atoms with van der Waals surface area (Å²) >= 11 is 0. The van der Waals surface area contributed by atoms with Crippen molar-refractivity contribution < 1.29 is 13.6 Å². The molecule has 0 saturated carbocycles. The summed E-state index contributed by atoms with van der Waals surface area (Å²) in [5.41, 5.74) is 0.0451. The van der Waals surface area contributed by atoms with Gasteiger partial charge in [-0.1, -0.05) is 19.9 Å². The number of piperidine rings is 1. The first kappa shape index (κ1) is 28.5. The van der Waals surface area contributed by atoms with Crippen LogP contribution in [0.2, 0.25) is 0 Å². The third-order valence-corrected chi connectivity index (χ3v) is 6.13. The number of rotatable bonds is 8. The highest BCUT2D eigenvalue weighted by Crippen LogP contribution is 2.24. The van der Waals surface area contributed by atoms with Crippen molar-refractivity contribution in [1.82, 2.24) is 20.4 Å². The van der Waals surface area contributed by atoms with Crippen LogP contribution in [0.3, 0.4) is 0 Å². The zero-order valence-corrected chi connectivity index (χ0v) is 22.2. The Kier molecular flexibility index (Phi) is 12.4. The molecule has 1 atom stereocenters. The number of benzene rings is 1. The van der Waals surface area contributed by atoms with Gasteiger partial charge in [-0.2, -0.15) is 0 Å². The van der Waals surface area contributed by atoms with E-state index in [4.69, 9.17) is 0 Å². The second-order valence-corrected chi connectivity index (χ2v) is 8.33. The molecule has 1 aliphatic heterocycles. The Morgan fingerprint density at radius 1 is 1.19 bits per heavy atom. The van der Waals surface area contributed by atoms with Crippen LogP contribution in [0.15, 0.2) is 23.2 Å². The van der Waals surface area contributed by atoms with Crippen molar-refractivity contribution in [3.8, 4) is 0 Å². The van der Waals surface area contributed by atoms with Crippen LogP contribution in [0.4, 0.5) is 8.78 Å². The van der Waals surface area contributed by atoms with E-state index < -0.39 is 17.7 Å². The van der Waals surface area contributed by atoms with Gasteiger partial charge in [0.1, 0.15) is 11.6 Å². The molecule has 32 heavy (non-hydrogen) atoms. The van der Waals surface area contributed by atoms with Crippen molar-refractivity contribution in [3.63, 3.8) is 0 Å². The van der Waals surface area contributed by atoms with Crippen LogP contribution in [0.1, 0.15) is 51.1 Å². The van der Waals surface area contributed by atoms with Crippen molar-refractivity contribution >= 4 is 35.8 Å². The number of hydrogen-bond acceptors (Lipinski definition) is 3. The molecule has 1 saturated heterocycles. The number of halogens is 3. The number of guanidine groups is 1. The number of likely N-dealkylation sites (tertiary alicyclic amines) is 1. The van der Waals surface area contributed by atoms with Gasteiger partial charge >= 0.3 is 0 Å². The lowest BCUT2D eigenvalue weighted by atomic mass is 9.98. The Balaban J connectivity index is 0.00000512. The summed E-state index contributed by atoms with van der Waals surface area (Å²) in [7, 11) is 5.26. The molecule has 2 N–H and O–H groups in total. The first-order valence-corrected chi connectivity index (χ1v) is 11.2. The fourth-order valence-corrected chi connectivity index (χ4v) is 4.09. The molecule has 1 heterocycles. The van der Waals surface area contributed by atoms with Crippen molar-refractivity contribution in [2.24, 2.45) is 10.9 Å². The highest BCUT2D eigenvalue weighted by Gasteiger charge is 2.27. The average Bonchev–Trinajstić information content (AvgIpc) is 2.75. The Labute approximate surface area is 208 Å². The number of likely N-dealkylation sites (N-methyl/N-ethyl adjacent to an activating group) is 1. The van der Waals surface area contributed by atoms with Gasteiger partial charge in [-0.15, -0.1) is 24.0 Å². The average molecular weight is 565 g/mol. The standard InChI is InChI=1S/C23H37F2N5O.HI/c1-6-16(7-2)22(31)30-13-11-17(12-14-30)28-23(26-3)27-15-20(29(4)5)21-18(24)9-8-10-19(21)25;/h8-10,16-17,20H,6-7,11-15H2,1-5H3,(H2,26,27,28);1H. The van der Waals surface area contributed by atoms with Gasteiger partial charge < -0.3 is 20.4 Å². The van der Waals surface area contributed by atoms with Gasteiger partial charge in [-0.3, -0.25) is 9.79 Å². The lowest BCUT2D eigenvalue weighted by Crippen LogP contribution is -2.51. The molecule has 1 aromatic carbocycles. The van der Waals surface area contributed by atoms with Crippen molar-refractivity contribution in [1.29, 1.82) is 0 Å². The predicted octanol–water partition coefficient (Wildman–Crippen LogP) is 3.78. The van der Waals surface area contributed by atoms with E-state index in [2.05, 4.69) is 29.5 Å². The van der Waals surface area contributed by atoms with Crippen LogP contribution in [0.5, 0.6) is 0 Å². The summed E-state index contributed by atoms with van der Waals surface area (Å²) in [5.74, 6) is -0.156. The minimum atomic E-state index is -0.557. The van der Waals surface area contributed by atoms with Gasteiger partial charge in [-0.05, 0) is 51.9 Å². The quantitative estimate of drug-likeness (QED) is 0.286. The van der Waals surface area contributed by atoms with E-state index >= 15 is 0 Å². The van der Waals surface area contributed by atoms with Gasteiger partial charge in [0, 0.05) is 44.2 Å². The van der Waals surface area contributed by atoms with E-state index in [0.717, 1.165) is 38.8 Å². The molecule has 0 aromatic heterocycles. The lowest BCUT2D eigenvalue weighted by molar-refractivity contribution is -0.136. The Morgan fingerprint density at radius 3 is 2.22 bits per heavy atom. The van der Waals surface area contributed by atoms with E-state index in [9.17, 15) is 13.6 Å². The topological polar surface area (TPSA) is 60.0 Å². The number of carbonyl (C=O) groups is 1. The molecule has 1 unspecified atom stereocenters. The number of amides is 1. The molecule has 2 rings (SSSR count). The van der Waals surface area contributed by atoms with Gasteiger partial charge in [0.05, 0.1) is 6.04 Å². The first-order valence-electron chi connectivity index (χ1n) is 11.2. The lowest BCUT2D eigenvalue weighted by Gasteiger charge is -2.35. The molecule has 1 amide bonds. The van der Waals surface area contributed by atoms with E-state index in [1.807, 2.05) is 4.90 Å². The van der Waals surface area contributed by atoms with E-state index in [-0.39, 0.29) is 47.4 Å². The fraction of sp³-hybridized carbons (Fsp3) is 0.652. The van der Waals surface area contributed by atoms with Crippen molar-refractivity contribution in [2.75, 3.05) is 40.8 Å². The molecule has 0 radical (unpaired) electrons. The van der Waals surface area contributed by atoms with Gasteiger partial charge in [0.15, 0.2) is 5.96 Å². The number of carbonyl (C=O) groups excluding carboxylic acids is 1. The molecule has 9 heteroatoms. The van der Waals surface area contributed by atoms with Crippen molar-refractivity contribution in [2.45, 2.75) is 51.6 Å². The maximum Gasteiger partial charge on any atom is 0.225 e. The summed E-state index contributed by atoms with van der Waals surface area (Å²) in [6.45, 7) is 5.88. The number of aliphatic imine (C=N–C) groups is 1. The summed E-state index contributed by atoms with van der Waals surface area (Å²) in [5, 5.41) is 6.60. The largest absolute Gasteiger partial charge is 0.354 e. The first-order chi connectivity index (χ1) is 14.8. The van der Waals surface area contributed by atoms with Gasteiger partial charge in [0.2, 0.25) is 5.91 Å². The second kappa shape index (κ2) is 13.9. The van der Waals surface area contributed by atoms with Crippen LogP contribution in [-0.4, -0.2) is 68.5 Å². The summed E-state index contributed by atoms with van der Waals surface area (Å²) in [4.78, 5) is 20.6. The molecule has 1 aromatic rings. The molecular weight excluding hydrogens is 527 g/mol. The van der Waals surface area contributed by atoms with Crippen LogP contribution in [-0.2, 0) is 4.79 Å². The fourth-order valence-electron chi connectivity index (χ4n) is 4.09. The molecule has 6 nitrogen and oxygen atoms in total. The van der Waals surface area contributed by atoms with Gasteiger partial charge in [-0.25, -0.2) is 8.78 Å². The van der Waals surface area contributed by atoms with Crippen LogP contribution in [0, 0.1) is 17.6 Å². The number of nitrogens with one attached hydrogen (secondary N) is 2. The zero-order valence-electron chi connectivity index (χ0n) is 19.8. The van der Waals surface area contributed by atoms with Gasteiger partial charge in [0.25, 0.3) is 0 Å². The maximum atomic E-state index is 14.3. The Hall–Kier alpha value is -1.49. The summed E-state index contributed by atoms with van der Waals surface area (Å²) in [6.07, 6.45) is 3.43. The molecule has 0 aliphatic carbocycles. The summed E-state index contributed by atoms with van der Waals surface area (Å²) in [6, 6.07) is 3.63. The maximum absolute atomic E-state index is 14.3. The molecule has 182 valence electrons. The van der Waals surface area contributed by atoms with Crippen LogP contribution < -0.4 is 10.6 Å². The van der Waals surface area contributed by atoms with Crippen LogP contribution >= 0.6 is 24.0 Å². The smallest absolute Gasteiger partial charge is 0.225 e. The van der Waals surface area contributed by atoms with Crippen molar-refractivity contribution in [3.05, 3.63) is 35.4 Å². The minimum Gasteiger partial charge on any atom is -0.354 e. The monoisotopic (exact) mass is 565 g/mol. The molecule has 1 aliphatic rings. The zero-order chi connectivity index (χ0) is 23.0. The summed E-state index contributed by atoms with van der Waals surface area (Å²) < 4.78 is 28.6. The Bertz CT molecular complexity index is 730. The normalized spacial score (nSPS) is 16.2. The highest BCUT2D eigenvalue weighted by atomic mass is 127. The molecule has 1 fully saturated rings. The third kappa shape index (κ3) is 7.54. The SMILES string of the molecule is CCC(CC)C(=O)N1CCC(NC(=NC)NCC(c2c(F)cccc2F)N(C)C)CC1.I. The minimum absolute atomic E-state index is 0. The van der Waals surface area contributed by atoms with E-state index in [0.29, 0.717) is 12.5 Å². The molecular formula is C23H38F2IN5O. The number of hydrogen-bond donors (Lipinski definition) is 2. The number of nitrogens with zero attached hydrogens (tertiary/aromatic N) is 3.